The molecule has 1 aromatic rings. The van der Waals surface area contributed by atoms with E-state index in [0.717, 1.165) is 10.6 Å². The summed E-state index contributed by atoms with van der Waals surface area (Å²) in [6.07, 6.45) is 5.19. The Bertz CT molecular complexity index is 450. The smallest absolute Gasteiger partial charge is 0.0485 e. The van der Waals surface area contributed by atoms with E-state index in [1.807, 2.05) is 18.2 Å². The highest BCUT2D eigenvalue weighted by Gasteiger charge is 2.30. The molecule has 0 bridgehead atoms. The Kier molecular flexibility index (Phi) is 5.74. The minimum atomic E-state index is 0.131. The fraction of sp³-hybridized carbons (Fsp3) is 0.625. The highest BCUT2D eigenvalue weighted by Crippen LogP contribution is 2.35. The maximum Gasteiger partial charge on any atom is 0.0485 e. The van der Waals surface area contributed by atoms with Crippen molar-refractivity contribution in [1.29, 1.82) is 0 Å². The van der Waals surface area contributed by atoms with E-state index in [-0.39, 0.29) is 6.04 Å². The van der Waals surface area contributed by atoms with Gasteiger partial charge in [-0.3, -0.25) is 4.90 Å². The Labute approximate surface area is 132 Å². The fourth-order valence-electron chi connectivity index (χ4n) is 3.42. The number of likely N-dealkylation sites (N-methyl/N-ethyl adjacent to an activating group) is 1. The fourth-order valence-corrected chi connectivity index (χ4v) is 3.84. The van der Waals surface area contributed by atoms with Crippen molar-refractivity contribution in [1.82, 2.24) is 4.90 Å². The second kappa shape index (κ2) is 7.13. The molecule has 20 heavy (non-hydrogen) atoms. The molecule has 0 aliphatic heterocycles. The van der Waals surface area contributed by atoms with Gasteiger partial charge in [-0.15, -0.1) is 0 Å². The molecule has 2 rings (SSSR count). The molecule has 4 heteroatoms. The van der Waals surface area contributed by atoms with Crippen LogP contribution >= 0.6 is 23.2 Å². The van der Waals surface area contributed by atoms with Crippen LogP contribution in [0.25, 0.3) is 0 Å². The lowest BCUT2D eigenvalue weighted by molar-refractivity contribution is 0.0992. The van der Waals surface area contributed by atoms with Gasteiger partial charge in [-0.05, 0) is 49.6 Å². The van der Waals surface area contributed by atoms with Crippen LogP contribution in [-0.2, 0) is 0 Å². The summed E-state index contributed by atoms with van der Waals surface area (Å²) in [5.74, 6) is 0.709. The second-order valence-electron chi connectivity index (χ2n) is 5.91. The maximum absolute atomic E-state index is 6.35. The third-order valence-corrected chi connectivity index (χ3v) is 5.20. The van der Waals surface area contributed by atoms with Crippen LogP contribution < -0.4 is 5.73 Å². The number of benzene rings is 1. The molecule has 1 saturated carbocycles. The summed E-state index contributed by atoms with van der Waals surface area (Å²) in [5.41, 5.74) is 7.08. The third kappa shape index (κ3) is 3.48. The van der Waals surface area contributed by atoms with Crippen LogP contribution in [0, 0.1) is 5.92 Å². The summed E-state index contributed by atoms with van der Waals surface area (Å²) < 4.78 is 0. The standard InChI is InChI=1S/C16H24Cl2N2/c1-11-5-3-4-6-15(11)20(2)16(10-19)13-9-12(17)7-8-14(13)18/h7-9,11,15-16H,3-6,10,19H2,1-2H3. The van der Waals surface area contributed by atoms with Crippen LogP contribution in [0.3, 0.4) is 0 Å². The lowest BCUT2D eigenvalue weighted by atomic mass is 9.84. The summed E-state index contributed by atoms with van der Waals surface area (Å²) in [7, 11) is 2.17. The van der Waals surface area contributed by atoms with Crippen molar-refractivity contribution in [2.45, 2.75) is 44.7 Å². The minimum Gasteiger partial charge on any atom is -0.329 e. The van der Waals surface area contributed by atoms with E-state index in [9.17, 15) is 0 Å². The molecule has 0 radical (unpaired) electrons. The Balaban J connectivity index is 2.24. The van der Waals surface area contributed by atoms with Crippen molar-refractivity contribution in [3.05, 3.63) is 33.8 Å². The van der Waals surface area contributed by atoms with Crippen LogP contribution in [-0.4, -0.2) is 24.5 Å². The molecular weight excluding hydrogens is 291 g/mol. The van der Waals surface area contributed by atoms with E-state index in [1.54, 1.807) is 0 Å². The van der Waals surface area contributed by atoms with Gasteiger partial charge in [-0.25, -0.2) is 0 Å². The average Bonchev–Trinajstić information content (AvgIpc) is 2.44. The zero-order valence-corrected chi connectivity index (χ0v) is 13.8. The van der Waals surface area contributed by atoms with Gasteiger partial charge in [0.1, 0.15) is 0 Å². The number of rotatable bonds is 4. The molecule has 0 saturated heterocycles. The van der Waals surface area contributed by atoms with Gasteiger partial charge < -0.3 is 5.73 Å². The van der Waals surface area contributed by atoms with E-state index >= 15 is 0 Å². The van der Waals surface area contributed by atoms with E-state index in [0.29, 0.717) is 23.5 Å². The van der Waals surface area contributed by atoms with E-state index in [2.05, 4.69) is 18.9 Å². The summed E-state index contributed by atoms with van der Waals surface area (Å²) >= 11 is 12.5. The van der Waals surface area contributed by atoms with Crippen LogP contribution in [0.1, 0.15) is 44.2 Å². The molecule has 1 aliphatic carbocycles. The summed E-state index contributed by atoms with van der Waals surface area (Å²) in [6, 6.07) is 6.34. The molecule has 1 fully saturated rings. The Morgan fingerprint density at radius 1 is 1.30 bits per heavy atom. The zero-order valence-electron chi connectivity index (χ0n) is 12.3. The van der Waals surface area contributed by atoms with Gasteiger partial charge in [0, 0.05) is 28.7 Å². The topological polar surface area (TPSA) is 29.3 Å². The molecule has 1 aromatic carbocycles. The molecule has 0 heterocycles. The first-order valence-electron chi connectivity index (χ1n) is 7.41. The van der Waals surface area contributed by atoms with Gasteiger partial charge in [-0.1, -0.05) is 43.0 Å². The normalized spacial score (nSPS) is 24.9. The second-order valence-corrected chi connectivity index (χ2v) is 6.76. The maximum atomic E-state index is 6.35. The number of halogens is 2. The molecule has 0 amide bonds. The number of hydrogen-bond acceptors (Lipinski definition) is 2. The summed E-state index contributed by atoms with van der Waals surface area (Å²) in [5, 5.41) is 1.47. The predicted molar refractivity (Wildman–Crippen MR) is 87.4 cm³/mol. The molecule has 0 aromatic heterocycles. The summed E-state index contributed by atoms with van der Waals surface area (Å²) in [6.45, 7) is 2.90. The van der Waals surface area contributed by atoms with Crippen molar-refractivity contribution < 1.29 is 0 Å². The van der Waals surface area contributed by atoms with Crippen LogP contribution in [0.5, 0.6) is 0 Å². The molecule has 3 unspecified atom stereocenters. The monoisotopic (exact) mass is 314 g/mol. The molecule has 2 nitrogen and oxygen atoms in total. The quantitative estimate of drug-likeness (QED) is 0.886. The first-order valence-corrected chi connectivity index (χ1v) is 8.17. The third-order valence-electron chi connectivity index (χ3n) is 4.62. The van der Waals surface area contributed by atoms with Gasteiger partial charge in [-0.2, -0.15) is 0 Å². The van der Waals surface area contributed by atoms with Crippen LogP contribution in [0.2, 0.25) is 10.0 Å². The lowest BCUT2D eigenvalue weighted by Crippen LogP contribution is -2.43. The lowest BCUT2D eigenvalue weighted by Gasteiger charge is -2.41. The van der Waals surface area contributed by atoms with Crippen molar-refractivity contribution in [2.75, 3.05) is 13.6 Å². The SMILES string of the molecule is CC1CCCCC1N(C)C(CN)c1cc(Cl)ccc1Cl. The number of nitrogens with zero attached hydrogens (tertiary/aromatic N) is 1. The summed E-state index contributed by atoms with van der Waals surface area (Å²) in [4.78, 5) is 2.40. The molecule has 1 aliphatic rings. The van der Waals surface area contributed by atoms with Gasteiger partial charge in [0.25, 0.3) is 0 Å². The molecule has 112 valence electrons. The Morgan fingerprint density at radius 3 is 2.65 bits per heavy atom. The molecule has 2 N–H and O–H groups in total. The van der Waals surface area contributed by atoms with E-state index in [1.165, 1.54) is 25.7 Å². The van der Waals surface area contributed by atoms with Crippen LogP contribution in [0.15, 0.2) is 18.2 Å². The largest absolute Gasteiger partial charge is 0.329 e. The predicted octanol–water partition coefficient (Wildman–Crippen LogP) is 4.50. The highest BCUT2D eigenvalue weighted by atomic mass is 35.5. The van der Waals surface area contributed by atoms with Gasteiger partial charge in [0.2, 0.25) is 0 Å². The first kappa shape index (κ1) is 16.1. The zero-order chi connectivity index (χ0) is 14.7. The van der Waals surface area contributed by atoms with Crippen molar-refractivity contribution in [3.8, 4) is 0 Å². The van der Waals surface area contributed by atoms with Gasteiger partial charge in [0.15, 0.2) is 0 Å². The molecule has 3 atom stereocenters. The Morgan fingerprint density at radius 2 is 2.00 bits per heavy atom. The van der Waals surface area contributed by atoms with Crippen molar-refractivity contribution in [2.24, 2.45) is 11.7 Å². The molecular formula is C16H24Cl2N2. The van der Waals surface area contributed by atoms with E-state index < -0.39 is 0 Å². The number of nitrogens with two attached hydrogens (primary N) is 1. The Hall–Kier alpha value is -0.280. The van der Waals surface area contributed by atoms with E-state index in [4.69, 9.17) is 28.9 Å². The number of hydrogen-bond donors (Lipinski definition) is 1. The first-order chi connectivity index (χ1) is 9.54. The van der Waals surface area contributed by atoms with Crippen molar-refractivity contribution >= 4 is 23.2 Å². The van der Waals surface area contributed by atoms with Crippen molar-refractivity contribution in [3.63, 3.8) is 0 Å². The van der Waals surface area contributed by atoms with Gasteiger partial charge in [0.05, 0.1) is 0 Å². The molecule has 0 spiro atoms. The highest BCUT2D eigenvalue weighted by molar-refractivity contribution is 6.33. The van der Waals surface area contributed by atoms with Gasteiger partial charge >= 0.3 is 0 Å². The average molecular weight is 315 g/mol. The van der Waals surface area contributed by atoms with Crippen LogP contribution in [0.4, 0.5) is 0 Å². The minimum absolute atomic E-state index is 0.131.